The number of hydrogen-bond donors (Lipinski definition) is 2. The quantitative estimate of drug-likeness (QED) is 0.775. The highest BCUT2D eigenvalue weighted by Crippen LogP contribution is 2.24. The molecule has 1 rings (SSSR count). The van der Waals surface area contributed by atoms with E-state index < -0.39 is 17.9 Å². The zero-order valence-corrected chi connectivity index (χ0v) is 10.5. The molecule has 0 saturated heterocycles. The van der Waals surface area contributed by atoms with E-state index in [1.807, 2.05) is 0 Å². The van der Waals surface area contributed by atoms with E-state index in [1.165, 1.54) is 7.11 Å². The average molecular weight is 273 g/mol. The third kappa shape index (κ3) is 3.63. The number of methoxy groups -OCH3 is 1. The highest BCUT2D eigenvalue weighted by atomic mass is 35.5. The predicted octanol–water partition coefficient (Wildman–Crippen LogP) is 2.07. The third-order valence-electron chi connectivity index (χ3n) is 2.55. The number of rotatable bonds is 6. The SMILES string of the molecule is COc1ccc(Cl)c(CCC(C(=O)O)C(=O)O)c1. The Bertz CT molecular complexity index is 444. The Balaban J connectivity index is 2.78. The van der Waals surface area contributed by atoms with Gasteiger partial charge in [-0.3, -0.25) is 9.59 Å². The molecular weight excluding hydrogens is 260 g/mol. The Morgan fingerprint density at radius 2 is 1.94 bits per heavy atom. The lowest BCUT2D eigenvalue weighted by molar-refractivity contribution is -0.154. The van der Waals surface area contributed by atoms with Gasteiger partial charge in [-0.1, -0.05) is 11.6 Å². The number of carboxylic acid groups (broad SMARTS) is 2. The Morgan fingerprint density at radius 1 is 1.33 bits per heavy atom. The zero-order chi connectivity index (χ0) is 13.7. The van der Waals surface area contributed by atoms with Crippen LogP contribution in [-0.2, 0) is 16.0 Å². The molecule has 0 saturated carbocycles. The van der Waals surface area contributed by atoms with Crippen LogP contribution in [-0.4, -0.2) is 29.3 Å². The van der Waals surface area contributed by atoms with E-state index in [2.05, 4.69) is 0 Å². The lowest BCUT2D eigenvalue weighted by Gasteiger charge is -2.09. The van der Waals surface area contributed by atoms with Crippen LogP contribution in [0.4, 0.5) is 0 Å². The van der Waals surface area contributed by atoms with Gasteiger partial charge in [0.2, 0.25) is 0 Å². The van der Waals surface area contributed by atoms with E-state index in [-0.39, 0.29) is 12.8 Å². The molecule has 1 aromatic carbocycles. The van der Waals surface area contributed by atoms with E-state index in [9.17, 15) is 9.59 Å². The van der Waals surface area contributed by atoms with Crippen LogP contribution < -0.4 is 4.74 Å². The fraction of sp³-hybridized carbons (Fsp3) is 0.333. The van der Waals surface area contributed by atoms with E-state index in [1.54, 1.807) is 18.2 Å². The Morgan fingerprint density at radius 3 is 2.44 bits per heavy atom. The Kier molecular flexibility index (Phi) is 4.97. The molecule has 6 heteroatoms. The molecular formula is C12H13ClO5. The van der Waals surface area contributed by atoms with Gasteiger partial charge in [-0.25, -0.2) is 0 Å². The van der Waals surface area contributed by atoms with Crippen molar-refractivity contribution in [3.8, 4) is 5.75 Å². The molecule has 2 N–H and O–H groups in total. The van der Waals surface area contributed by atoms with Crippen LogP contribution >= 0.6 is 11.6 Å². The van der Waals surface area contributed by atoms with Gasteiger partial charge in [0.1, 0.15) is 5.75 Å². The Labute approximate surface area is 109 Å². The first-order valence-electron chi connectivity index (χ1n) is 5.23. The largest absolute Gasteiger partial charge is 0.497 e. The maximum Gasteiger partial charge on any atom is 0.317 e. The lowest BCUT2D eigenvalue weighted by Crippen LogP contribution is -2.23. The molecule has 0 aliphatic rings. The van der Waals surface area contributed by atoms with Crippen molar-refractivity contribution in [3.05, 3.63) is 28.8 Å². The summed E-state index contributed by atoms with van der Waals surface area (Å²) in [6.07, 6.45) is 0.247. The maximum atomic E-state index is 10.7. The second-order valence-electron chi connectivity index (χ2n) is 3.73. The predicted molar refractivity (Wildman–Crippen MR) is 65.1 cm³/mol. The van der Waals surface area contributed by atoms with Gasteiger partial charge in [-0.05, 0) is 36.6 Å². The summed E-state index contributed by atoms with van der Waals surface area (Å²) in [5.74, 6) is -3.52. The van der Waals surface area contributed by atoms with Gasteiger partial charge in [0.25, 0.3) is 0 Å². The number of carboxylic acids is 2. The van der Waals surface area contributed by atoms with Crippen LogP contribution in [0.1, 0.15) is 12.0 Å². The van der Waals surface area contributed by atoms with Crippen LogP contribution in [0, 0.1) is 5.92 Å². The van der Waals surface area contributed by atoms with Gasteiger partial charge in [0.15, 0.2) is 5.92 Å². The van der Waals surface area contributed by atoms with Crippen LogP contribution in [0.15, 0.2) is 18.2 Å². The maximum absolute atomic E-state index is 10.7. The molecule has 0 amide bonds. The summed E-state index contributed by atoms with van der Waals surface area (Å²) in [4.78, 5) is 21.5. The third-order valence-corrected chi connectivity index (χ3v) is 2.92. The molecule has 0 atom stereocenters. The van der Waals surface area contributed by atoms with E-state index >= 15 is 0 Å². The molecule has 5 nitrogen and oxygen atoms in total. The molecule has 18 heavy (non-hydrogen) atoms. The van der Waals surface area contributed by atoms with Gasteiger partial charge >= 0.3 is 11.9 Å². The van der Waals surface area contributed by atoms with Crippen molar-refractivity contribution >= 4 is 23.5 Å². The second kappa shape index (κ2) is 6.26. The minimum Gasteiger partial charge on any atom is -0.497 e. The molecule has 98 valence electrons. The summed E-state index contributed by atoms with van der Waals surface area (Å²) in [6.45, 7) is 0. The molecule has 0 aliphatic heterocycles. The summed E-state index contributed by atoms with van der Waals surface area (Å²) in [6, 6.07) is 4.98. The van der Waals surface area contributed by atoms with Crippen molar-refractivity contribution in [2.45, 2.75) is 12.8 Å². The fourth-order valence-electron chi connectivity index (χ4n) is 1.52. The summed E-state index contributed by atoms with van der Waals surface area (Å²) >= 11 is 5.95. The summed E-state index contributed by atoms with van der Waals surface area (Å²) < 4.78 is 5.02. The summed E-state index contributed by atoms with van der Waals surface area (Å²) in [5, 5.41) is 18.0. The summed E-state index contributed by atoms with van der Waals surface area (Å²) in [7, 11) is 1.50. The van der Waals surface area contributed by atoms with Crippen LogP contribution in [0.25, 0.3) is 0 Å². The fourth-order valence-corrected chi connectivity index (χ4v) is 1.73. The zero-order valence-electron chi connectivity index (χ0n) is 9.72. The minimum atomic E-state index is -1.42. The molecule has 0 unspecified atom stereocenters. The lowest BCUT2D eigenvalue weighted by atomic mass is 9.99. The van der Waals surface area contributed by atoms with Crippen molar-refractivity contribution in [3.63, 3.8) is 0 Å². The van der Waals surface area contributed by atoms with Crippen molar-refractivity contribution in [2.75, 3.05) is 7.11 Å². The van der Waals surface area contributed by atoms with Gasteiger partial charge in [-0.2, -0.15) is 0 Å². The molecule has 1 aromatic rings. The van der Waals surface area contributed by atoms with Crippen LogP contribution in [0.3, 0.4) is 0 Å². The number of hydrogen-bond acceptors (Lipinski definition) is 3. The first kappa shape index (κ1) is 14.3. The van der Waals surface area contributed by atoms with Crippen molar-refractivity contribution in [2.24, 2.45) is 5.92 Å². The molecule has 0 spiro atoms. The van der Waals surface area contributed by atoms with Gasteiger partial charge in [0.05, 0.1) is 7.11 Å². The molecule has 0 aromatic heterocycles. The number of ether oxygens (including phenoxy) is 1. The first-order valence-corrected chi connectivity index (χ1v) is 5.61. The first-order chi connectivity index (χ1) is 8.45. The number of benzene rings is 1. The number of carbonyl (C=O) groups is 2. The normalized spacial score (nSPS) is 10.4. The topological polar surface area (TPSA) is 83.8 Å². The minimum absolute atomic E-state index is 0.0163. The molecule has 0 aliphatic carbocycles. The van der Waals surface area contributed by atoms with Gasteiger partial charge in [0, 0.05) is 5.02 Å². The number of aliphatic carboxylic acids is 2. The highest BCUT2D eigenvalue weighted by Gasteiger charge is 2.25. The Hall–Kier alpha value is -1.75. The summed E-state index contributed by atoms with van der Waals surface area (Å²) in [5.41, 5.74) is 0.670. The molecule has 0 bridgehead atoms. The molecule has 0 heterocycles. The van der Waals surface area contributed by atoms with Crippen molar-refractivity contribution in [1.29, 1.82) is 0 Å². The van der Waals surface area contributed by atoms with Crippen molar-refractivity contribution in [1.82, 2.24) is 0 Å². The monoisotopic (exact) mass is 272 g/mol. The van der Waals surface area contributed by atoms with E-state index in [0.29, 0.717) is 16.3 Å². The van der Waals surface area contributed by atoms with Crippen molar-refractivity contribution < 1.29 is 24.5 Å². The molecule has 0 fully saturated rings. The molecule has 0 radical (unpaired) electrons. The standard InChI is InChI=1S/C12H13ClO5/c1-18-8-3-5-10(13)7(6-8)2-4-9(11(14)15)12(16)17/h3,5-6,9H,2,4H2,1H3,(H,14,15)(H,16,17). The van der Waals surface area contributed by atoms with E-state index in [4.69, 9.17) is 26.6 Å². The van der Waals surface area contributed by atoms with Gasteiger partial charge < -0.3 is 14.9 Å². The smallest absolute Gasteiger partial charge is 0.317 e. The van der Waals surface area contributed by atoms with Gasteiger partial charge in [-0.15, -0.1) is 0 Å². The highest BCUT2D eigenvalue weighted by molar-refractivity contribution is 6.31. The second-order valence-corrected chi connectivity index (χ2v) is 4.13. The number of halogens is 1. The average Bonchev–Trinajstić information content (AvgIpc) is 2.30. The number of aryl methyl sites for hydroxylation is 1. The van der Waals surface area contributed by atoms with E-state index in [0.717, 1.165) is 0 Å². The van der Waals surface area contributed by atoms with Crippen LogP contribution in [0.5, 0.6) is 5.75 Å². The van der Waals surface area contributed by atoms with Crippen LogP contribution in [0.2, 0.25) is 5.02 Å².